The number of hydrogen-bond donors (Lipinski definition) is 3. The average Bonchev–Trinajstić information content (AvgIpc) is 2.43. The molecule has 1 rings (SSSR count). The van der Waals surface area contributed by atoms with Gasteiger partial charge >= 0.3 is 5.97 Å². The molecule has 1 amide bonds. The maximum absolute atomic E-state index is 11.9. The number of rotatable bonds is 5. The Balaban J connectivity index is 2.85. The summed E-state index contributed by atoms with van der Waals surface area (Å²) in [6.07, 6.45) is 1.44. The van der Waals surface area contributed by atoms with Crippen molar-refractivity contribution < 1.29 is 19.4 Å². The monoisotopic (exact) mass is 324 g/mol. The van der Waals surface area contributed by atoms with Crippen molar-refractivity contribution in [3.05, 3.63) is 40.6 Å². The summed E-state index contributed by atoms with van der Waals surface area (Å²) in [5.74, 6) is -1.63. The molecule has 1 aromatic rings. The maximum Gasteiger partial charge on any atom is 0.327 e. The smallest absolute Gasteiger partial charge is 0.327 e. The van der Waals surface area contributed by atoms with Gasteiger partial charge < -0.3 is 15.6 Å². The minimum Gasteiger partial charge on any atom is -0.623 e. The van der Waals surface area contributed by atoms with Crippen LogP contribution in [-0.2, 0) is 4.79 Å². The summed E-state index contributed by atoms with van der Waals surface area (Å²) in [6, 6.07) is 5.29. The molecule has 0 radical (unpaired) electrons. The summed E-state index contributed by atoms with van der Waals surface area (Å²) in [5, 5.41) is 23.1. The molecule has 2 N–H and O–H groups in total. The molecule has 6 nitrogen and oxygen atoms in total. The molecule has 0 fully saturated rings. The highest BCUT2D eigenvalue weighted by atomic mass is 32.1. The number of thiol groups is 1. The molecule has 1 aromatic carbocycles. The molecule has 0 saturated carbocycles. The van der Waals surface area contributed by atoms with Crippen LogP contribution in [0.15, 0.2) is 24.3 Å². The minimum absolute atomic E-state index is 0.00363. The van der Waals surface area contributed by atoms with Crippen LogP contribution in [0.25, 0.3) is 0 Å². The lowest BCUT2D eigenvalue weighted by Gasteiger charge is -2.18. The first kappa shape index (κ1) is 18.0. The molecule has 0 unspecified atom stereocenters. The van der Waals surface area contributed by atoms with E-state index >= 15 is 0 Å². The van der Waals surface area contributed by atoms with Gasteiger partial charge in [-0.2, -0.15) is 12.6 Å². The van der Waals surface area contributed by atoms with Gasteiger partial charge in [0.2, 0.25) is 0 Å². The lowest BCUT2D eigenvalue weighted by molar-refractivity contribution is -0.530. The first-order chi connectivity index (χ1) is 10.1. The summed E-state index contributed by atoms with van der Waals surface area (Å²) in [4.78, 5) is 22.8. The zero-order valence-electron chi connectivity index (χ0n) is 12.7. The lowest BCUT2D eigenvalue weighted by atomic mass is 10.1. The van der Waals surface area contributed by atoms with Gasteiger partial charge in [0.15, 0.2) is 11.8 Å². The van der Waals surface area contributed by atoms with Crippen LogP contribution in [-0.4, -0.2) is 45.3 Å². The van der Waals surface area contributed by atoms with Gasteiger partial charge in [-0.3, -0.25) is 4.79 Å². The van der Waals surface area contributed by atoms with Gasteiger partial charge in [0.05, 0.1) is 0 Å². The van der Waals surface area contributed by atoms with E-state index in [1.807, 2.05) is 0 Å². The number of nitrogens with zero attached hydrogens (tertiary/aromatic N) is 1. The third-order valence-corrected chi connectivity index (χ3v) is 3.25. The van der Waals surface area contributed by atoms with Gasteiger partial charge in [0, 0.05) is 37.7 Å². The third-order valence-electron chi connectivity index (χ3n) is 2.89. The van der Waals surface area contributed by atoms with Crippen LogP contribution in [0.3, 0.4) is 0 Å². The highest BCUT2D eigenvalue weighted by Crippen LogP contribution is 2.08. The van der Waals surface area contributed by atoms with Crippen molar-refractivity contribution in [2.45, 2.75) is 32.4 Å². The summed E-state index contributed by atoms with van der Waals surface area (Å²) < 4.78 is 0.837. The Morgan fingerprint density at radius 2 is 1.91 bits per heavy atom. The Bertz CT molecular complexity index is 576. The molecule has 1 atom stereocenters. The molecule has 120 valence electrons. The molecular weight excluding hydrogens is 304 g/mol. The Kier molecular flexibility index (Phi) is 5.99. The predicted octanol–water partition coefficient (Wildman–Crippen LogP) is 1.53. The Morgan fingerprint density at radius 3 is 2.32 bits per heavy atom. The number of carboxylic acids is 1. The Hall–Kier alpha value is -2.02. The van der Waals surface area contributed by atoms with Gasteiger partial charge in [0.25, 0.3) is 5.91 Å². The molecule has 0 aliphatic carbocycles. The highest BCUT2D eigenvalue weighted by Gasteiger charge is 2.20. The van der Waals surface area contributed by atoms with Crippen LogP contribution >= 0.6 is 12.6 Å². The van der Waals surface area contributed by atoms with E-state index in [1.54, 1.807) is 32.9 Å². The van der Waals surface area contributed by atoms with Crippen LogP contribution in [0.5, 0.6) is 0 Å². The van der Waals surface area contributed by atoms with Crippen LogP contribution in [0.4, 0.5) is 0 Å². The van der Waals surface area contributed by atoms with Crippen LogP contribution in [0.2, 0.25) is 0 Å². The topological polar surface area (TPSA) is 92.5 Å². The van der Waals surface area contributed by atoms with Crippen LogP contribution in [0, 0.1) is 5.21 Å². The van der Waals surface area contributed by atoms with E-state index in [2.05, 4.69) is 17.9 Å². The van der Waals surface area contributed by atoms with Crippen molar-refractivity contribution in [3.63, 3.8) is 0 Å². The van der Waals surface area contributed by atoms with E-state index < -0.39 is 23.5 Å². The molecule has 22 heavy (non-hydrogen) atoms. The second-order valence-electron chi connectivity index (χ2n) is 5.79. The second kappa shape index (κ2) is 7.31. The number of hydroxylamine groups is 1. The van der Waals surface area contributed by atoms with E-state index in [1.165, 1.54) is 18.3 Å². The fourth-order valence-corrected chi connectivity index (χ4v) is 1.72. The zero-order chi connectivity index (χ0) is 16.9. The number of aliphatic carboxylic acids is 1. The van der Waals surface area contributed by atoms with E-state index in [4.69, 9.17) is 5.11 Å². The van der Waals surface area contributed by atoms with E-state index in [-0.39, 0.29) is 5.75 Å². The van der Waals surface area contributed by atoms with Crippen molar-refractivity contribution in [2.24, 2.45) is 0 Å². The molecular formula is C15H20N2O4S. The SMILES string of the molecule is CC(C)(C)/[N+]([O-])=C/c1ccc(C(=O)N[C@H](CS)C(=O)O)cc1. The van der Waals surface area contributed by atoms with Gasteiger partial charge in [-0.25, -0.2) is 9.53 Å². The number of amides is 1. The summed E-state index contributed by atoms with van der Waals surface area (Å²) in [7, 11) is 0. The molecule has 0 heterocycles. The van der Waals surface area contributed by atoms with Crippen LogP contribution < -0.4 is 5.32 Å². The molecule has 0 aliphatic rings. The summed E-state index contributed by atoms with van der Waals surface area (Å²) >= 11 is 3.88. The Labute approximate surface area is 134 Å². The van der Waals surface area contributed by atoms with Crippen LogP contribution in [0.1, 0.15) is 36.7 Å². The second-order valence-corrected chi connectivity index (χ2v) is 6.16. The van der Waals surface area contributed by atoms with Crippen molar-refractivity contribution in [1.29, 1.82) is 0 Å². The number of benzene rings is 1. The van der Waals surface area contributed by atoms with E-state index in [9.17, 15) is 14.8 Å². The standard InChI is InChI=1S/C15H20N2O4S/c1-15(2,3)17(21)8-10-4-6-11(7-5-10)13(18)16-12(9-22)14(19)20/h4-8,12,22H,9H2,1-3H3,(H,16,18)(H,19,20)/b17-8-/t12-/m1/s1. The third kappa shape index (κ3) is 5.07. The largest absolute Gasteiger partial charge is 0.623 e. The molecule has 0 bridgehead atoms. The zero-order valence-corrected chi connectivity index (χ0v) is 13.6. The molecule has 0 aliphatic heterocycles. The molecule has 0 saturated heterocycles. The fraction of sp³-hybridized carbons (Fsp3) is 0.400. The lowest BCUT2D eigenvalue weighted by Crippen LogP contribution is -2.42. The van der Waals surface area contributed by atoms with Crippen molar-refractivity contribution >= 4 is 30.7 Å². The average molecular weight is 324 g/mol. The van der Waals surface area contributed by atoms with Gasteiger partial charge in [0.1, 0.15) is 6.04 Å². The highest BCUT2D eigenvalue weighted by molar-refractivity contribution is 7.80. The number of nitrogens with one attached hydrogen (secondary N) is 1. The summed E-state index contributed by atoms with van der Waals surface area (Å²) in [5.41, 5.74) is 0.431. The molecule has 0 spiro atoms. The number of carboxylic acid groups (broad SMARTS) is 1. The fourth-order valence-electron chi connectivity index (χ4n) is 1.48. The van der Waals surface area contributed by atoms with Gasteiger partial charge in [-0.15, -0.1) is 0 Å². The minimum atomic E-state index is -1.14. The number of carbonyl (C=O) groups excluding carboxylic acids is 1. The first-order valence-corrected chi connectivity index (χ1v) is 7.34. The Morgan fingerprint density at radius 1 is 1.36 bits per heavy atom. The van der Waals surface area contributed by atoms with Gasteiger partial charge in [-0.05, 0) is 24.3 Å². The maximum atomic E-state index is 11.9. The van der Waals surface area contributed by atoms with Crippen molar-refractivity contribution in [2.75, 3.05) is 5.75 Å². The van der Waals surface area contributed by atoms with Gasteiger partial charge in [-0.1, -0.05) is 0 Å². The van der Waals surface area contributed by atoms with Crippen molar-refractivity contribution in [1.82, 2.24) is 5.32 Å². The normalized spacial score (nSPS) is 13.5. The van der Waals surface area contributed by atoms with E-state index in [0.717, 1.165) is 4.74 Å². The number of carbonyl (C=O) groups is 2. The molecule has 7 heteroatoms. The van der Waals surface area contributed by atoms with Crippen molar-refractivity contribution in [3.8, 4) is 0 Å². The number of hydrogen-bond acceptors (Lipinski definition) is 4. The molecule has 0 aromatic heterocycles. The quantitative estimate of drug-likeness (QED) is 0.252. The summed E-state index contributed by atoms with van der Waals surface area (Å²) in [6.45, 7) is 5.38. The first-order valence-electron chi connectivity index (χ1n) is 6.71. The predicted molar refractivity (Wildman–Crippen MR) is 87.7 cm³/mol. The van der Waals surface area contributed by atoms with E-state index in [0.29, 0.717) is 11.1 Å².